The number of rotatable bonds is 5. The molecule has 0 bridgehead atoms. The van der Waals surface area contributed by atoms with E-state index >= 15 is 0 Å². The summed E-state index contributed by atoms with van der Waals surface area (Å²) in [6.45, 7) is 0.915. The number of carbonyl (C=O) groups excluding carboxylic acids is 1. The van der Waals surface area contributed by atoms with E-state index in [2.05, 4.69) is 0 Å². The molecule has 0 spiro atoms. The number of Topliss-reactive ketones (excluding diaryl/α,β-unsaturated/α-hetero) is 1. The van der Waals surface area contributed by atoms with Gasteiger partial charge in [-0.1, -0.05) is 11.6 Å². The van der Waals surface area contributed by atoms with Crippen molar-refractivity contribution in [3.63, 3.8) is 0 Å². The number of halogens is 1. The van der Waals surface area contributed by atoms with Crippen LogP contribution in [0.1, 0.15) is 15.9 Å². The average molecular weight is 389 g/mol. The number of benzene rings is 2. The Balaban J connectivity index is 1.96. The Labute approximate surface area is 163 Å². The zero-order valence-corrected chi connectivity index (χ0v) is 16.2. The molecule has 2 N–H and O–H groups in total. The summed E-state index contributed by atoms with van der Waals surface area (Å²) in [5, 5.41) is 0.0551. The van der Waals surface area contributed by atoms with Crippen LogP contribution in [0.2, 0.25) is 0 Å². The number of anilines is 2. The van der Waals surface area contributed by atoms with Gasteiger partial charge in [0, 0.05) is 25.2 Å². The van der Waals surface area contributed by atoms with Gasteiger partial charge >= 0.3 is 0 Å². The van der Waals surface area contributed by atoms with E-state index in [1.807, 2.05) is 19.0 Å². The molecule has 0 aromatic heterocycles. The van der Waals surface area contributed by atoms with Crippen molar-refractivity contribution in [2.45, 2.75) is 0 Å². The number of nitrogens with zero attached hydrogens (tertiary/aromatic N) is 1. The second kappa shape index (κ2) is 7.80. The zero-order chi connectivity index (χ0) is 19.6. The van der Waals surface area contributed by atoms with Crippen molar-refractivity contribution in [3.8, 4) is 17.2 Å². The molecule has 0 saturated heterocycles. The number of methoxy groups -OCH3 is 1. The third-order valence-corrected chi connectivity index (χ3v) is 4.45. The summed E-state index contributed by atoms with van der Waals surface area (Å²) in [6.07, 6.45) is 1.56. The summed E-state index contributed by atoms with van der Waals surface area (Å²) in [5.41, 5.74) is 8.37. The lowest BCUT2D eigenvalue weighted by molar-refractivity contribution is 0.104. The van der Waals surface area contributed by atoms with Crippen molar-refractivity contribution < 1.29 is 19.0 Å². The van der Waals surface area contributed by atoms with Crippen LogP contribution in [0, 0.1) is 0 Å². The van der Waals surface area contributed by atoms with Crippen LogP contribution in [0.25, 0.3) is 6.08 Å². The van der Waals surface area contributed by atoms with Crippen LogP contribution in [0.4, 0.5) is 11.4 Å². The molecule has 3 rings (SSSR count). The van der Waals surface area contributed by atoms with E-state index in [1.54, 1.807) is 36.4 Å². The third kappa shape index (κ3) is 3.80. The first-order chi connectivity index (χ1) is 12.9. The van der Waals surface area contributed by atoms with E-state index in [0.717, 1.165) is 5.69 Å². The predicted octanol–water partition coefficient (Wildman–Crippen LogP) is 3.58. The zero-order valence-electron chi connectivity index (χ0n) is 15.4. The number of nitrogen functional groups attached to an aromatic ring is 1. The summed E-state index contributed by atoms with van der Waals surface area (Å²) >= 11 is 6.32. The van der Waals surface area contributed by atoms with E-state index < -0.39 is 0 Å². The van der Waals surface area contributed by atoms with Gasteiger partial charge in [0.05, 0.1) is 23.5 Å². The smallest absolute Gasteiger partial charge is 0.204 e. The Morgan fingerprint density at radius 2 is 1.96 bits per heavy atom. The fourth-order valence-corrected chi connectivity index (χ4v) is 3.07. The molecule has 6 nitrogen and oxygen atoms in total. The Kier molecular flexibility index (Phi) is 5.46. The summed E-state index contributed by atoms with van der Waals surface area (Å²) in [5.74, 6) is 1.28. The molecule has 0 radical (unpaired) electrons. The molecule has 0 atom stereocenters. The molecule has 142 valence electrons. The average Bonchev–Trinajstić information content (AvgIpc) is 2.67. The molecule has 0 unspecified atom stereocenters. The largest absolute Gasteiger partial charge is 0.492 e. The fourth-order valence-electron chi connectivity index (χ4n) is 2.84. The van der Waals surface area contributed by atoms with Crippen molar-refractivity contribution in [2.24, 2.45) is 0 Å². The number of fused-ring (bicyclic) bond motifs is 1. The molecule has 0 saturated carbocycles. The van der Waals surface area contributed by atoms with Crippen LogP contribution < -0.4 is 24.8 Å². The van der Waals surface area contributed by atoms with Gasteiger partial charge < -0.3 is 24.8 Å². The van der Waals surface area contributed by atoms with Gasteiger partial charge in [0.1, 0.15) is 13.2 Å². The van der Waals surface area contributed by atoms with Crippen LogP contribution >= 0.6 is 11.6 Å². The molecule has 1 aliphatic rings. The molecule has 27 heavy (non-hydrogen) atoms. The molecule has 2 aromatic rings. The molecular weight excluding hydrogens is 368 g/mol. The lowest BCUT2D eigenvalue weighted by atomic mass is 10.1. The Morgan fingerprint density at radius 1 is 1.22 bits per heavy atom. The lowest BCUT2D eigenvalue weighted by Crippen LogP contribution is -2.16. The molecule has 0 fully saturated rings. The SMILES string of the molecule is COc1c(/C=C(/Cl)C(=O)c2ccc(N)c(N(C)C)c2)ccc2c1OCCO2. The number of allylic oxidation sites excluding steroid dienone is 1. The van der Waals surface area contributed by atoms with Crippen molar-refractivity contribution >= 4 is 34.8 Å². The highest BCUT2D eigenvalue weighted by Crippen LogP contribution is 2.42. The number of nitrogens with two attached hydrogens (primary N) is 1. The highest BCUT2D eigenvalue weighted by molar-refractivity contribution is 6.47. The van der Waals surface area contributed by atoms with Gasteiger partial charge in [-0.05, 0) is 36.4 Å². The summed E-state index contributed by atoms with van der Waals surface area (Å²) in [7, 11) is 5.25. The van der Waals surface area contributed by atoms with Crippen LogP contribution in [-0.4, -0.2) is 40.2 Å². The first-order valence-corrected chi connectivity index (χ1v) is 8.75. The van der Waals surface area contributed by atoms with Gasteiger partial charge in [-0.2, -0.15) is 0 Å². The summed E-state index contributed by atoms with van der Waals surface area (Å²) < 4.78 is 16.6. The molecule has 2 aromatic carbocycles. The fraction of sp³-hybridized carbons (Fsp3) is 0.250. The molecule has 0 aliphatic carbocycles. The molecule has 1 heterocycles. The highest BCUT2D eigenvalue weighted by atomic mass is 35.5. The minimum atomic E-state index is -0.309. The Hall–Kier alpha value is -2.86. The third-order valence-electron chi connectivity index (χ3n) is 4.17. The number of carbonyl (C=O) groups is 1. The topological polar surface area (TPSA) is 74.0 Å². The van der Waals surface area contributed by atoms with Crippen LogP contribution in [0.3, 0.4) is 0 Å². The molecule has 7 heteroatoms. The Morgan fingerprint density at radius 3 is 2.67 bits per heavy atom. The van der Waals surface area contributed by atoms with Crippen LogP contribution in [0.5, 0.6) is 17.2 Å². The van der Waals surface area contributed by atoms with Gasteiger partial charge in [-0.25, -0.2) is 0 Å². The maximum atomic E-state index is 12.8. The molecule has 1 aliphatic heterocycles. The van der Waals surface area contributed by atoms with Crippen molar-refractivity contribution in [1.82, 2.24) is 0 Å². The van der Waals surface area contributed by atoms with Crippen LogP contribution in [-0.2, 0) is 0 Å². The standard InChI is InChI=1S/C20H21ClN2O4/c1-23(2)16-11-12(4-6-15(16)22)18(24)14(21)10-13-5-7-17-20(19(13)25-3)27-9-8-26-17/h4-7,10-11H,8-9,22H2,1-3H3/b14-10+. The highest BCUT2D eigenvalue weighted by Gasteiger charge is 2.21. The minimum Gasteiger partial charge on any atom is -0.492 e. The monoisotopic (exact) mass is 388 g/mol. The number of ketones is 1. The molecular formula is C20H21ClN2O4. The van der Waals surface area contributed by atoms with Gasteiger partial charge in [0.2, 0.25) is 11.5 Å². The summed E-state index contributed by atoms with van der Waals surface area (Å²) in [6, 6.07) is 8.61. The number of ether oxygens (including phenoxy) is 3. The second-order valence-electron chi connectivity index (χ2n) is 6.20. The van der Waals surface area contributed by atoms with Gasteiger partial charge in [-0.15, -0.1) is 0 Å². The van der Waals surface area contributed by atoms with Crippen molar-refractivity contribution in [2.75, 3.05) is 45.1 Å². The van der Waals surface area contributed by atoms with E-state index in [0.29, 0.717) is 47.3 Å². The van der Waals surface area contributed by atoms with Gasteiger partial charge in [0.15, 0.2) is 11.5 Å². The first kappa shape index (κ1) is 18.9. The normalized spacial score (nSPS) is 13.3. The summed E-state index contributed by atoms with van der Waals surface area (Å²) in [4.78, 5) is 14.6. The number of hydrogen-bond acceptors (Lipinski definition) is 6. The minimum absolute atomic E-state index is 0.0551. The van der Waals surface area contributed by atoms with E-state index in [1.165, 1.54) is 7.11 Å². The van der Waals surface area contributed by atoms with E-state index in [-0.39, 0.29) is 10.8 Å². The van der Waals surface area contributed by atoms with E-state index in [4.69, 9.17) is 31.5 Å². The van der Waals surface area contributed by atoms with Crippen molar-refractivity contribution in [3.05, 3.63) is 46.5 Å². The molecule has 0 amide bonds. The van der Waals surface area contributed by atoms with Gasteiger partial charge in [-0.3, -0.25) is 4.79 Å². The van der Waals surface area contributed by atoms with E-state index in [9.17, 15) is 4.79 Å². The second-order valence-corrected chi connectivity index (χ2v) is 6.61. The van der Waals surface area contributed by atoms with Crippen LogP contribution in [0.15, 0.2) is 35.4 Å². The maximum Gasteiger partial charge on any atom is 0.204 e. The quantitative estimate of drug-likeness (QED) is 0.479. The first-order valence-electron chi connectivity index (χ1n) is 8.37. The predicted molar refractivity (Wildman–Crippen MR) is 107 cm³/mol. The van der Waals surface area contributed by atoms with Gasteiger partial charge in [0.25, 0.3) is 0 Å². The lowest BCUT2D eigenvalue weighted by Gasteiger charge is -2.21. The van der Waals surface area contributed by atoms with Crippen molar-refractivity contribution in [1.29, 1.82) is 0 Å². The number of hydrogen-bond donors (Lipinski definition) is 1. The Bertz CT molecular complexity index is 909. The maximum absolute atomic E-state index is 12.8.